The smallest absolute Gasteiger partial charge is 0.200 e. The van der Waals surface area contributed by atoms with Gasteiger partial charge < -0.3 is 0 Å². The highest BCUT2D eigenvalue weighted by atomic mass is 79.9. The SMILES string of the molecule is Cc1ccc(Br)c(-n2c(-c3cccs3)n[nH]c2=S)c1. The van der Waals surface area contributed by atoms with Crippen molar-refractivity contribution in [2.45, 2.75) is 6.92 Å². The van der Waals surface area contributed by atoms with Crippen molar-refractivity contribution in [1.29, 1.82) is 0 Å². The number of aromatic amines is 1. The van der Waals surface area contributed by atoms with Crippen LogP contribution in [0.1, 0.15) is 5.56 Å². The number of hydrogen-bond acceptors (Lipinski definition) is 3. The van der Waals surface area contributed by atoms with Gasteiger partial charge in [0.2, 0.25) is 0 Å². The zero-order valence-corrected chi connectivity index (χ0v) is 13.3. The summed E-state index contributed by atoms with van der Waals surface area (Å²) in [6.07, 6.45) is 0. The number of nitrogens with zero attached hydrogens (tertiary/aromatic N) is 2. The molecule has 0 bridgehead atoms. The first-order valence-electron chi connectivity index (χ1n) is 5.64. The molecular formula is C13H10BrN3S2. The van der Waals surface area contributed by atoms with E-state index in [2.05, 4.69) is 45.2 Å². The van der Waals surface area contributed by atoms with Crippen molar-refractivity contribution in [2.75, 3.05) is 0 Å². The van der Waals surface area contributed by atoms with Crippen LogP contribution in [-0.4, -0.2) is 14.8 Å². The summed E-state index contributed by atoms with van der Waals surface area (Å²) in [6, 6.07) is 10.2. The van der Waals surface area contributed by atoms with E-state index in [-0.39, 0.29) is 0 Å². The fraction of sp³-hybridized carbons (Fsp3) is 0.0769. The molecule has 3 aromatic rings. The lowest BCUT2D eigenvalue weighted by molar-refractivity contribution is 1.03. The monoisotopic (exact) mass is 351 g/mol. The van der Waals surface area contributed by atoms with Crippen LogP contribution in [0.3, 0.4) is 0 Å². The van der Waals surface area contributed by atoms with Crippen LogP contribution < -0.4 is 0 Å². The molecule has 3 rings (SSSR count). The van der Waals surface area contributed by atoms with Gasteiger partial charge in [0, 0.05) is 4.47 Å². The molecule has 3 nitrogen and oxygen atoms in total. The molecular weight excluding hydrogens is 342 g/mol. The fourth-order valence-corrected chi connectivity index (χ4v) is 3.24. The molecule has 2 aromatic heterocycles. The number of H-pyrrole nitrogens is 1. The van der Waals surface area contributed by atoms with Crippen molar-refractivity contribution >= 4 is 39.5 Å². The maximum Gasteiger partial charge on any atom is 0.200 e. The molecule has 1 aromatic carbocycles. The molecule has 0 aliphatic heterocycles. The van der Waals surface area contributed by atoms with E-state index in [4.69, 9.17) is 12.2 Å². The van der Waals surface area contributed by atoms with Crippen LogP contribution in [0.2, 0.25) is 0 Å². The van der Waals surface area contributed by atoms with E-state index in [9.17, 15) is 0 Å². The minimum Gasteiger partial charge on any atom is -0.266 e. The number of hydrogen-bond donors (Lipinski definition) is 1. The quantitative estimate of drug-likeness (QED) is 0.677. The summed E-state index contributed by atoms with van der Waals surface area (Å²) >= 11 is 10.6. The molecule has 1 N–H and O–H groups in total. The van der Waals surface area contributed by atoms with Crippen molar-refractivity contribution in [3.63, 3.8) is 0 Å². The summed E-state index contributed by atoms with van der Waals surface area (Å²) in [5.41, 5.74) is 2.18. The summed E-state index contributed by atoms with van der Waals surface area (Å²) in [5.74, 6) is 0.839. The van der Waals surface area contributed by atoms with E-state index in [1.165, 1.54) is 5.56 Å². The molecule has 2 heterocycles. The molecule has 0 saturated carbocycles. The van der Waals surface area contributed by atoms with Crippen molar-refractivity contribution < 1.29 is 0 Å². The Kier molecular flexibility index (Phi) is 3.38. The molecule has 19 heavy (non-hydrogen) atoms. The summed E-state index contributed by atoms with van der Waals surface area (Å²) < 4.78 is 3.54. The van der Waals surface area contributed by atoms with Gasteiger partial charge in [-0.1, -0.05) is 12.1 Å². The average molecular weight is 352 g/mol. The number of aromatic nitrogens is 3. The highest BCUT2D eigenvalue weighted by molar-refractivity contribution is 9.10. The Morgan fingerprint density at radius 1 is 1.37 bits per heavy atom. The van der Waals surface area contributed by atoms with E-state index in [1.54, 1.807) is 11.3 Å². The van der Waals surface area contributed by atoms with Crippen LogP contribution in [0.5, 0.6) is 0 Å². The predicted molar refractivity (Wildman–Crippen MR) is 84.5 cm³/mol. The Balaban J connectivity index is 2.29. The Hall–Kier alpha value is -1.24. The first kappa shape index (κ1) is 12.8. The van der Waals surface area contributed by atoms with E-state index in [1.807, 2.05) is 28.1 Å². The Morgan fingerprint density at radius 3 is 2.95 bits per heavy atom. The lowest BCUT2D eigenvalue weighted by atomic mass is 10.2. The Bertz CT molecular complexity index is 772. The molecule has 6 heteroatoms. The van der Waals surface area contributed by atoms with Gasteiger partial charge in [-0.25, -0.2) is 0 Å². The van der Waals surface area contributed by atoms with Crippen LogP contribution in [0.25, 0.3) is 16.4 Å². The molecule has 0 aliphatic carbocycles. The first-order chi connectivity index (χ1) is 9.16. The van der Waals surface area contributed by atoms with Gasteiger partial charge in [-0.05, 0) is 64.2 Å². The summed E-state index contributed by atoms with van der Waals surface area (Å²) in [4.78, 5) is 1.08. The van der Waals surface area contributed by atoms with E-state index in [0.717, 1.165) is 20.9 Å². The highest BCUT2D eigenvalue weighted by Gasteiger charge is 2.13. The second kappa shape index (κ2) is 5.03. The molecule has 0 radical (unpaired) electrons. The number of halogens is 1. The third kappa shape index (κ3) is 2.31. The number of rotatable bonds is 2. The van der Waals surface area contributed by atoms with Crippen LogP contribution in [-0.2, 0) is 0 Å². The Morgan fingerprint density at radius 2 is 2.21 bits per heavy atom. The molecule has 0 spiro atoms. The predicted octanol–water partition coefficient (Wildman–Crippen LogP) is 4.73. The van der Waals surface area contributed by atoms with Crippen molar-refractivity contribution in [2.24, 2.45) is 0 Å². The molecule has 0 fully saturated rings. The summed E-state index contributed by atoms with van der Waals surface area (Å²) in [6.45, 7) is 2.06. The second-order valence-corrected chi connectivity index (χ2v) is 6.31. The van der Waals surface area contributed by atoms with Gasteiger partial charge in [-0.15, -0.1) is 11.3 Å². The largest absolute Gasteiger partial charge is 0.266 e. The van der Waals surface area contributed by atoms with Gasteiger partial charge in [0.05, 0.1) is 10.6 Å². The molecule has 0 aliphatic rings. The zero-order valence-electron chi connectivity index (χ0n) is 10.1. The molecule has 0 atom stereocenters. The molecule has 0 unspecified atom stereocenters. The fourth-order valence-electron chi connectivity index (χ4n) is 1.89. The number of thiophene rings is 1. The van der Waals surface area contributed by atoms with Crippen LogP contribution in [0.15, 0.2) is 40.2 Å². The van der Waals surface area contributed by atoms with Gasteiger partial charge in [-0.3, -0.25) is 9.67 Å². The molecule has 96 valence electrons. The highest BCUT2D eigenvalue weighted by Crippen LogP contribution is 2.29. The zero-order chi connectivity index (χ0) is 13.4. The van der Waals surface area contributed by atoms with E-state index >= 15 is 0 Å². The minimum absolute atomic E-state index is 0.592. The maximum absolute atomic E-state index is 5.36. The summed E-state index contributed by atoms with van der Waals surface area (Å²) in [5, 5.41) is 9.24. The van der Waals surface area contributed by atoms with E-state index in [0.29, 0.717) is 4.77 Å². The van der Waals surface area contributed by atoms with Gasteiger partial charge in [0.15, 0.2) is 10.6 Å². The van der Waals surface area contributed by atoms with Crippen LogP contribution in [0.4, 0.5) is 0 Å². The standard InChI is InChI=1S/C13H10BrN3S2/c1-8-4-5-9(14)10(7-8)17-12(15-16-13(17)18)11-3-2-6-19-11/h2-7H,1H3,(H,16,18). The molecule has 0 saturated heterocycles. The van der Waals surface area contributed by atoms with Crippen LogP contribution in [0, 0.1) is 11.7 Å². The second-order valence-electron chi connectivity index (χ2n) is 4.12. The summed E-state index contributed by atoms with van der Waals surface area (Å²) in [7, 11) is 0. The van der Waals surface area contributed by atoms with Gasteiger partial charge in [-0.2, -0.15) is 5.10 Å². The number of benzene rings is 1. The van der Waals surface area contributed by atoms with Crippen LogP contribution >= 0.6 is 39.5 Å². The average Bonchev–Trinajstić information content (AvgIpc) is 3.01. The third-order valence-corrected chi connectivity index (χ3v) is 4.57. The topological polar surface area (TPSA) is 33.6 Å². The van der Waals surface area contributed by atoms with Gasteiger partial charge >= 0.3 is 0 Å². The lowest BCUT2D eigenvalue weighted by Crippen LogP contribution is -1.98. The van der Waals surface area contributed by atoms with Crippen molar-refractivity contribution in [3.05, 3.63) is 50.5 Å². The van der Waals surface area contributed by atoms with Gasteiger partial charge in [0.25, 0.3) is 0 Å². The minimum atomic E-state index is 0.592. The lowest BCUT2D eigenvalue weighted by Gasteiger charge is -2.09. The maximum atomic E-state index is 5.36. The van der Waals surface area contributed by atoms with E-state index < -0.39 is 0 Å². The Labute approximate surface area is 128 Å². The number of aryl methyl sites for hydroxylation is 1. The normalized spacial score (nSPS) is 10.8. The van der Waals surface area contributed by atoms with Gasteiger partial charge in [0.1, 0.15) is 0 Å². The van der Waals surface area contributed by atoms with Crippen molar-refractivity contribution in [1.82, 2.24) is 14.8 Å². The first-order valence-corrected chi connectivity index (χ1v) is 7.73. The third-order valence-electron chi connectivity index (χ3n) is 2.76. The van der Waals surface area contributed by atoms with Crippen molar-refractivity contribution in [3.8, 4) is 16.4 Å². The molecule has 0 amide bonds. The number of nitrogens with one attached hydrogen (secondary N) is 1.